The van der Waals surface area contributed by atoms with E-state index in [1.54, 1.807) is 6.92 Å². The van der Waals surface area contributed by atoms with E-state index in [1.807, 2.05) is 0 Å². The number of aliphatic carboxylic acids is 1. The van der Waals surface area contributed by atoms with Gasteiger partial charge in [0.2, 0.25) is 0 Å². The zero-order valence-electron chi connectivity index (χ0n) is 8.30. The molecule has 0 aliphatic carbocycles. The average molecular weight is 225 g/mol. The molecule has 7 heteroatoms. The smallest absolute Gasteiger partial charge is 0.330 e. The molecule has 3 N–H and O–H groups in total. The van der Waals surface area contributed by atoms with Crippen molar-refractivity contribution in [3.05, 3.63) is 0 Å². The minimum absolute atomic E-state index is 0.0187. The Bertz CT molecular complexity index is 232. The van der Waals surface area contributed by atoms with Crippen molar-refractivity contribution < 1.29 is 23.5 Å². The van der Waals surface area contributed by atoms with Crippen LogP contribution in [-0.4, -0.2) is 37.0 Å². The van der Waals surface area contributed by atoms with E-state index in [4.69, 9.17) is 19.9 Å². The minimum Gasteiger partial charge on any atom is -0.480 e. The maximum absolute atomic E-state index is 11.6. The van der Waals surface area contributed by atoms with Crippen LogP contribution < -0.4 is 5.73 Å². The second-order valence-electron chi connectivity index (χ2n) is 2.67. The maximum Gasteiger partial charge on any atom is 0.330 e. The van der Waals surface area contributed by atoms with E-state index in [1.165, 1.54) is 7.11 Å². The summed E-state index contributed by atoms with van der Waals surface area (Å²) in [5.74, 6) is -1.12. The first-order valence-electron chi connectivity index (χ1n) is 4.23. The number of rotatable bonds is 7. The van der Waals surface area contributed by atoms with Gasteiger partial charge in [0, 0.05) is 7.11 Å². The van der Waals surface area contributed by atoms with Gasteiger partial charge in [0.1, 0.15) is 6.04 Å². The number of nitrogens with two attached hydrogens (primary N) is 1. The van der Waals surface area contributed by atoms with Crippen molar-refractivity contribution >= 4 is 13.6 Å². The monoisotopic (exact) mass is 225 g/mol. The number of hydrogen-bond acceptors (Lipinski definition) is 5. The highest BCUT2D eigenvalue weighted by Gasteiger charge is 2.24. The standard InChI is InChI=1S/C7H16NO5P/c1-3-13-14(11,12-2)5-4-6(8)7(9)10/h6H,3-5,8H2,1-2H3,(H,9,10). The summed E-state index contributed by atoms with van der Waals surface area (Å²) < 4.78 is 21.2. The first kappa shape index (κ1) is 13.6. The van der Waals surface area contributed by atoms with Crippen molar-refractivity contribution in [2.45, 2.75) is 19.4 Å². The summed E-state index contributed by atoms with van der Waals surface area (Å²) >= 11 is 0. The second kappa shape index (κ2) is 6.14. The van der Waals surface area contributed by atoms with Gasteiger partial charge < -0.3 is 19.9 Å². The highest BCUT2D eigenvalue weighted by atomic mass is 31.2. The van der Waals surface area contributed by atoms with Crippen molar-refractivity contribution in [3.8, 4) is 0 Å². The van der Waals surface area contributed by atoms with Crippen LogP contribution in [0.1, 0.15) is 13.3 Å². The molecule has 84 valence electrons. The van der Waals surface area contributed by atoms with Crippen LogP contribution in [0, 0.1) is 0 Å². The summed E-state index contributed by atoms with van der Waals surface area (Å²) in [6, 6.07) is -1.03. The molecular formula is C7H16NO5P. The normalized spacial score (nSPS) is 17.4. The molecule has 2 atom stereocenters. The number of carboxylic acid groups (broad SMARTS) is 1. The molecule has 0 aliphatic heterocycles. The molecule has 0 aromatic rings. The van der Waals surface area contributed by atoms with Gasteiger partial charge in [-0.1, -0.05) is 0 Å². The first-order chi connectivity index (χ1) is 6.45. The maximum atomic E-state index is 11.6. The van der Waals surface area contributed by atoms with E-state index in [2.05, 4.69) is 0 Å². The molecule has 0 radical (unpaired) electrons. The molecule has 0 spiro atoms. The van der Waals surface area contributed by atoms with E-state index < -0.39 is 19.6 Å². The zero-order valence-corrected chi connectivity index (χ0v) is 9.20. The van der Waals surface area contributed by atoms with Crippen LogP contribution in [0.3, 0.4) is 0 Å². The van der Waals surface area contributed by atoms with Gasteiger partial charge in [0.15, 0.2) is 0 Å². The van der Waals surface area contributed by atoms with E-state index in [9.17, 15) is 9.36 Å². The molecule has 0 amide bonds. The Balaban J connectivity index is 4.07. The van der Waals surface area contributed by atoms with Crippen LogP contribution in [0.5, 0.6) is 0 Å². The third kappa shape index (κ3) is 4.72. The Morgan fingerprint density at radius 3 is 2.57 bits per heavy atom. The Labute approximate surface area is 82.9 Å². The van der Waals surface area contributed by atoms with Gasteiger partial charge >= 0.3 is 13.6 Å². The lowest BCUT2D eigenvalue weighted by Crippen LogP contribution is -2.31. The van der Waals surface area contributed by atoms with Gasteiger partial charge in [0.05, 0.1) is 12.8 Å². The molecule has 0 heterocycles. The summed E-state index contributed by atoms with van der Waals surface area (Å²) in [5, 5.41) is 8.49. The SMILES string of the molecule is CCOP(=O)(CCC(N)C(=O)O)OC. The van der Waals surface area contributed by atoms with E-state index >= 15 is 0 Å². The Morgan fingerprint density at radius 2 is 2.21 bits per heavy atom. The summed E-state index contributed by atoms with van der Waals surface area (Å²) in [6.07, 6.45) is 0.0885. The molecule has 0 aromatic heterocycles. The lowest BCUT2D eigenvalue weighted by molar-refractivity contribution is -0.138. The topological polar surface area (TPSA) is 98.9 Å². The van der Waals surface area contributed by atoms with Crippen molar-refractivity contribution in [2.24, 2.45) is 5.73 Å². The van der Waals surface area contributed by atoms with E-state index in [0.29, 0.717) is 0 Å². The molecule has 0 saturated carbocycles. The summed E-state index contributed by atoms with van der Waals surface area (Å²) in [4.78, 5) is 10.4. The molecular weight excluding hydrogens is 209 g/mol. The zero-order chi connectivity index (χ0) is 11.2. The molecule has 0 aromatic carbocycles. The highest BCUT2D eigenvalue weighted by molar-refractivity contribution is 7.53. The summed E-state index contributed by atoms with van der Waals surface area (Å²) in [6.45, 7) is 1.94. The molecule has 2 unspecified atom stereocenters. The fourth-order valence-electron chi connectivity index (χ4n) is 0.826. The molecule has 0 fully saturated rings. The van der Waals surface area contributed by atoms with Crippen molar-refractivity contribution in [3.63, 3.8) is 0 Å². The lowest BCUT2D eigenvalue weighted by atomic mass is 10.2. The second-order valence-corrected chi connectivity index (χ2v) is 4.96. The van der Waals surface area contributed by atoms with Crippen LogP contribution in [0.2, 0.25) is 0 Å². The predicted molar refractivity (Wildman–Crippen MR) is 51.3 cm³/mol. The van der Waals surface area contributed by atoms with Crippen LogP contribution in [-0.2, 0) is 18.4 Å². The van der Waals surface area contributed by atoms with Gasteiger partial charge in [-0.25, -0.2) is 0 Å². The summed E-state index contributed by atoms with van der Waals surface area (Å²) in [7, 11) is -1.87. The molecule has 6 nitrogen and oxygen atoms in total. The summed E-state index contributed by atoms with van der Waals surface area (Å²) in [5.41, 5.74) is 5.24. The molecule has 14 heavy (non-hydrogen) atoms. The van der Waals surface area contributed by atoms with Gasteiger partial charge in [0.25, 0.3) is 0 Å². The minimum atomic E-state index is -3.14. The van der Waals surface area contributed by atoms with Gasteiger partial charge in [-0.3, -0.25) is 9.36 Å². The Morgan fingerprint density at radius 1 is 1.64 bits per heavy atom. The van der Waals surface area contributed by atoms with Gasteiger partial charge in [-0.05, 0) is 13.3 Å². The van der Waals surface area contributed by atoms with E-state index in [0.717, 1.165) is 0 Å². The Hall–Kier alpha value is -0.420. The third-order valence-electron chi connectivity index (χ3n) is 1.64. The number of carbonyl (C=O) groups is 1. The van der Waals surface area contributed by atoms with Gasteiger partial charge in [-0.15, -0.1) is 0 Å². The fourth-order valence-corrected chi connectivity index (χ4v) is 2.23. The molecule has 0 saturated heterocycles. The lowest BCUT2D eigenvalue weighted by Gasteiger charge is -2.15. The van der Waals surface area contributed by atoms with E-state index in [-0.39, 0.29) is 19.2 Å². The molecule has 0 rings (SSSR count). The van der Waals surface area contributed by atoms with Crippen LogP contribution >= 0.6 is 7.60 Å². The quantitative estimate of drug-likeness (QED) is 0.617. The molecule has 0 bridgehead atoms. The van der Waals surface area contributed by atoms with Crippen molar-refractivity contribution in [1.29, 1.82) is 0 Å². The van der Waals surface area contributed by atoms with Crippen LogP contribution in [0.4, 0.5) is 0 Å². The highest BCUT2D eigenvalue weighted by Crippen LogP contribution is 2.47. The third-order valence-corrected chi connectivity index (χ3v) is 3.65. The van der Waals surface area contributed by atoms with Crippen LogP contribution in [0.25, 0.3) is 0 Å². The van der Waals surface area contributed by atoms with Gasteiger partial charge in [-0.2, -0.15) is 0 Å². The fraction of sp³-hybridized carbons (Fsp3) is 0.857. The van der Waals surface area contributed by atoms with Crippen molar-refractivity contribution in [1.82, 2.24) is 0 Å². The largest absolute Gasteiger partial charge is 0.480 e. The Kier molecular flexibility index (Phi) is 5.95. The van der Waals surface area contributed by atoms with Crippen LogP contribution in [0.15, 0.2) is 0 Å². The molecule has 0 aliphatic rings. The average Bonchev–Trinajstić information content (AvgIpc) is 2.14. The predicted octanol–water partition coefficient (Wildman–Crippen LogP) is 0.664. The first-order valence-corrected chi connectivity index (χ1v) is 5.95. The number of carboxylic acids is 1. The number of hydrogen-bond donors (Lipinski definition) is 2. The van der Waals surface area contributed by atoms with Crippen molar-refractivity contribution in [2.75, 3.05) is 19.9 Å².